The predicted molar refractivity (Wildman–Crippen MR) is 90.1 cm³/mol. The summed E-state index contributed by atoms with van der Waals surface area (Å²) in [5.74, 6) is -0.206. The summed E-state index contributed by atoms with van der Waals surface area (Å²) in [6.07, 6.45) is 2.58. The van der Waals surface area contributed by atoms with Gasteiger partial charge in [0, 0.05) is 19.0 Å². The van der Waals surface area contributed by atoms with Crippen LogP contribution in [0.3, 0.4) is 0 Å². The van der Waals surface area contributed by atoms with Gasteiger partial charge >= 0.3 is 5.97 Å². The molecule has 3 rings (SSSR count). The van der Waals surface area contributed by atoms with Crippen LogP contribution in [0.4, 0.5) is 0 Å². The maximum Gasteiger partial charge on any atom is 0.306 e. The lowest BCUT2D eigenvalue weighted by Gasteiger charge is -2.28. The van der Waals surface area contributed by atoms with E-state index in [9.17, 15) is 4.79 Å². The molecule has 126 valence electrons. The average Bonchev–Trinajstić information content (AvgIpc) is 3.16. The second kappa shape index (κ2) is 6.98. The van der Waals surface area contributed by atoms with Crippen molar-refractivity contribution in [3.8, 4) is 0 Å². The number of halogens is 2. The highest BCUT2D eigenvalue weighted by Crippen LogP contribution is 2.43. The Bertz CT molecular complexity index is 598. The minimum absolute atomic E-state index is 0.206. The van der Waals surface area contributed by atoms with Gasteiger partial charge < -0.3 is 14.8 Å². The second-order valence-corrected chi connectivity index (χ2v) is 7.02. The number of nitrogens with one attached hydrogen (secondary N) is 1. The molecule has 0 aliphatic carbocycles. The molecule has 0 saturated carbocycles. The monoisotopic (exact) mass is 357 g/mol. The number of morpholine rings is 1. The van der Waals surface area contributed by atoms with Gasteiger partial charge in [0.2, 0.25) is 0 Å². The number of benzene rings is 1. The number of ether oxygens (including phenoxy) is 2. The molecule has 2 saturated heterocycles. The van der Waals surface area contributed by atoms with Crippen LogP contribution in [-0.2, 0) is 26.3 Å². The van der Waals surface area contributed by atoms with Gasteiger partial charge in [-0.25, -0.2) is 0 Å². The average molecular weight is 358 g/mol. The number of hydrogen-bond acceptors (Lipinski definition) is 4. The number of carbonyl (C=O) groups excluding carboxylic acids is 1. The Hall–Kier alpha value is -0.810. The normalized spacial score (nSPS) is 25.8. The van der Waals surface area contributed by atoms with Crippen LogP contribution in [0.15, 0.2) is 12.1 Å². The molecule has 2 bridgehead atoms. The Labute approximate surface area is 146 Å². The minimum Gasteiger partial charge on any atom is -0.466 e. The molecule has 1 aromatic carbocycles. The fraction of sp³-hybridized carbons (Fsp3) is 0.588. The number of aryl methyl sites for hydroxylation is 1. The van der Waals surface area contributed by atoms with Crippen molar-refractivity contribution in [2.24, 2.45) is 0 Å². The third-order valence-electron chi connectivity index (χ3n) is 4.51. The molecule has 2 aliphatic rings. The lowest BCUT2D eigenvalue weighted by atomic mass is 9.91. The van der Waals surface area contributed by atoms with Gasteiger partial charge in [-0.05, 0) is 36.5 Å². The van der Waals surface area contributed by atoms with Crippen molar-refractivity contribution in [1.82, 2.24) is 5.32 Å². The van der Waals surface area contributed by atoms with Crippen molar-refractivity contribution >= 4 is 29.2 Å². The minimum atomic E-state index is -0.309. The lowest BCUT2D eigenvalue weighted by Crippen LogP contribution is -2.37. The summed E-state index contributed by atoms with van der Waals surface area (Å²) >= 11 is 12.6. The number of esters is 1. The van der Waals surface area contributed by atoms with Crippen LogP contribution in [0.2, 0.25) is 10.0 Å². The molecule has 2 heterocycles. The molecule has 2 fully saturated rings. The first-order chi connectivity index (χ1) is 11.0. The molecule has 2 unspecified atom stereocenters. The molecule has 23 heavy (non-hydrogen) atoms. The molecule has 1 N–H and O–H groups in total. The summed E-state index contributed by atoms with van der Waals surface area (Å²) in [5, 5.41) is 4.47. The highest BCUT2D eigenvalue weighted by molar-refractivity contribution is 6.42. The summed E-state index contributed by atoms with van der Waals surface area (Å²) in [5.41, 5.74) is 1.60. The predicted octanol–water partition coefficient (Wildman–Crippen LogP) is 3.47. The van der Waals surface area contributed by atoms with E-state index in [0.717, 1.165) is 37.1 Å². The quantitative estimate of drug-likeness (QED) is 0.791. The Balaban J connectivity index is 1.76. The van der Waals surface area contributed by atoms with E-state index >= 15 is 0 Å². The molecule has 2 aliphatic heterocycles. The van der Waals surface area contributed by atoms with Crippen LogP contribution in [-0.4, -0.2) is 31.8 Å². The van der Waals surface area contributed by atoms with Gasteiger partial charge in [-0.1, -0.05) is 36.2 Å². The Morgan fingerprint density at radius 2 is 2.30 bits per heavy atom. The molecule has 2 atom stereocenters. The van der Waals surface area contributed by atoms with Gasteiger partial charge in [0.1, 0.15) is 5.60 Å². The molecule has 1 aromatic rings. The first kappa shape index (κ1) is 17.0. The summed E-state index contributed by atoms with van der Waals surface area (Å²) in [6, 6.07) is 4.33. The fourth-order valence-electron chi connectivity index (χ4n) is 3.26. The maximum absolute atomic E-state index is 11.7. The molecule has 0 spiro atoms. The van der Waals surface area contributed by atoms with E-state index in [1.807, 2.05) is 19.1 Å². The second-order valence-electron chi connectivity index (χ2n) is 6.24. The molecule has 0 radical (unpaired) electrons. The molecule has 0 amide bonds. The van der Waals surface area contributed by atoms with Gasteiger partial charge in [-0.3, -0.25) is 4.79 Å². The zero-order chi connectivity index (χ0) is 16.4. The van der Waals surface area contributed by atoms with Crippen LogP contribution in [0.5, 0.6) is 0 Å². The van der Waals surface area contributed by atoms with E-state index in [0.29, 0.717) is 35.5 Å². The van der Waals surface area contributed by atoms with Crippen LogP contribution in [0.25, 0.3) is 0 Å². The SMILES string of the molecule is CCCOC(=O)CCc1cc(C23CNC(CO2)C3)cc(Cl)c1Cl. The van der Waals surface area contributed by atoms with Crippen molar-refractivity contribution in [1.29, 1.82) is 0 Å². The standard InChI is InChI=1S/C17H21Cl2NO3/c1-2-5-22-15(21)4-3-11-6-12(7-14(18)16(11)19)17-8-13(9-23-17)20-10-17/h6-7,13,20H,2-5,8-10H2,1H3. The number of fused-ring (bicyclic) bond motifs is 2. The highest BCUT2D eigenvalue weighted by Gasteiger charge is 2.47. The third kappa shape index (κ3) is 3.50. The fourth-order valence-corrected chi connectivity index (χ4v) is 3.70. The zero-order valence-corrected chi connectivity index (χ0v) is 14.7. The van der Waals surface area contributed by atoms with E-state index in [2.05, 4.69) is 5.32 Å². The van der Waals surface area contributed by atoms with E-state index < -0.39 is 0 Å². The van der Waals surface area contributed by atoms with Gasteiger partial charge in [0.25, 0.3) is 0 Å². The Morgan fingerprint density at radius 3 is 2.91 bits per heavy atom. The molecule has 6 heteroatoms. The first-order valence-corrected chi connectivity index (χ1v) is 8.81. The van der Waals surface area contributed by atoms with Crippen LogP contribution in [0, 0.1) is 0 Å². The van der Waals surface area contributed by atoms with Crippen LogP contribution >= 0.6 is 23.2 Å². The van der Waals surface area contributed by atoms with Gasteiger partial charge in [-0.15, -0.1) is 0 Å². The van der Waals surface area contributed by atoms with Crippen molar-refractivity contribution < 1.29 is 14.3 Å². The number of carbonyl (C=O) groups is 1. The van der Waals surface area contributed by atoms with Gasteiger partial charge in [-0.2, -0.15) is 0 Å². The summed E-state index contributed by atoms with van der Waals surface area (Å²) < 4.78 is 11.1. The molecule has 0 aromatic heterocycles. The van der Waals surface area contributed by atoms with Crippen molar-refractivity contribution in [2.75, 3.05) is 19.8 Å². The lowest BCUT2D eigenvalue weighted by molar-refractivity contribution is -0.143. The van der Waals surface area contributed by atoms with Crippen LogP contribution in [0.1, 0.15) is 37.3 Å². The molecular formula is C17H21Cl2NO3. The number of rotatable bonds is 6. The molecular weight excluding hydrogens is 337 g/mol. The van der Waals surface area contributed by atoms with E-state index in [4.69, 9.17) is 32.7 Å². The topological polar surface area (TPSA) is 47.6 Å². The van der Waals surface area contributed by atoms with Crippen molar-refractivity contribution in [3.63, 3.8) is 0 Å². The van der Waals surface area contributed by atoms with E-state index in [1.165, 1.54) is 0 Å². The van der Waals surface area contributed by atoms with E-state index in [1.54, 1.807) is 0 Å². The summed E-state index contributed by atoms with van der Waals surface area (Å²) in [7, 11) is 0. The number of hydrogen-bond donors (Lipinski definition) is 1. The van der Waals surface area contributed by atoms with E-state index in [-0.39, 0.29) is 11.6 Å². The summed E-state index contributed by atoms with van der Waals surface area (Å²) in [4.78, 5) is 11.7. The summed E-state index contributed by atoms with van der Waals surface area (Å²) in [6.45, 7) is 3.93. The Kier molecular flexibility index (Phi) is 5.16. The van der Waals surface area contributed by atoms with Crippen LogP contribution < -0.4 is 5.32 Å². The van der Waals surface area contributed by atoms with Gasteiger partial charge in [0.15, 0.2) is 0 Å². The largest absolute Gasteiger partial charge is 0.466 e. The van der Waals surface area contributed by atoms with Gasteiger partial charge in [0.05, 0.1) is 23.3 Å². The Morgan fingerprint density at radius 1 is 1.48 bits per heavy atom. The maximum atomic E-state index is 11.7. The third-order valence-corrected chi connectivity index (χ3v) is 5.35. The first-order valence-electron chi connectivity index (χ1n) is 8.05. The highest BCUT2D eigenvalue weighted by atomic mass is 35.5. The van der Waals surface area contributed by atoms with Crippen molar-refractivity contribution in [2.45, 2.75) is 44.2 Å². The van der Waals surface area contributed by atoms with Crippen molar-refractivity contribution in [3.05, 3.63) is 33.3 Å². The molecule has 4 nitrogen and oxygen atoms in total. The smallest absolute Gasteiger partial charge is 0.306 e. The zero-order valence-electron chi connectivity index (χ0n) is 13.2.